The Morgan fingerprint density at radius 1 is 0.966 bits per heavy atom. The predicted molar refractivity (Wildman–Crippen MR) is 108 cm³/mol. The highest BCUT2D eigenvalue weighted by Gasteiger charge is 2.28. The van der Waals surface area contributed by atoms with Crippen molar-refractivity contribution in [1.29, 1.82) is 0 Å². The maximum atomic E-state index is 12.6. The average Bonchev–Trinajstić information content (AvgIpc) is 2.74. The van der Waals surface area contributed by atoms with Crippen LogP contribution >= 0.6 is 11.6 Å². The van der Waals surface area contributed by atoms with E-state index in [1.165, 1.54) is 12.1 Å². The molecule has 1 atom stereocenters. The molecule has 1 N–H and O–H groups in total. The van der Waals surface area contributed by atoms with E-state index in [2.05, 4.69) is 0 Å². The lowest BCUT2D eigenvalue weighted by Crippen LogP contribution is -2.54. The van der Waals surface area contributed by atoms with Crippen molar-refractivity contribution in [2.24, 2.45) is 0 Å². The van der Waals surface area contributed by atoms with E-state index in [1.54, 1.807) is 53.1 Å². The van der Waals surface area contributed by atoms with E-state index >= 15 is 0 Å². The van der Waals surface area contributed by atoms with Crippen LogP contribution < -0.4 is 9.47 Å². The zero-order valence-corrected chi connectivity index (χ0v) is 16.8. The Morgan fingerprint density at radius 3 is 2.14 bits per heavy atom. The quantitative estimate of drug-likeness (QED) is 0.780. The predicted octanol–water partition coefficient (Wildman–Crippen LogP) is 2.56. The molecule has 29 heavy (non-hydrogen) atoms. The van der Waals surface area contributed by atoms with Crippen LogP contribution in [0.4, 0.5) is 0 Å². The third-order valence-corrected chi connectivity index (χ3v) is 4.87. The number of amides is 2. The first-order chi connectivity index (χ1) is 13.9. The highest BCUT2D eigenvalue weighted by atomic mass is 35.5. The van der Waals surface area contributed by atoms with Gasteiger partial charge < -0.3 is 24.4 Å². The average molecular weight is 419 g/mol. The molecule has 3 rings (SSSR count). The molecule has 0 saturated carbocycles. The molecule has 1 unspecified atom stereocenters. The third kappa shape index (κ3) is 5.77. The first kappa shape index (κ1) is 20.8. The van der Waals surface area contributed by atoms with E-state index in [0.29, 0.717) is 42.7 Å². The van der Waals surface area contributed by atoms with Gasteiger partial charge in [-0.1, -0.05) is 11.6 Å². The Balaban J connectivity index is 1.43. The van der Waals surface area contributed by atoms with Gasteiger partial charge in [-0.3, -0.25) is 9.59 Å². The Morgan fingerprint density at radius 2 is 1.52 bits per heavy atom. The number of piperazine rings is 1. The lowest BCUT2D eigenvalue weighted by molar-refractivity contribution is -0.144. The van der Waals surface area contributed by atoms with Gasteiger partial charge in [0.1, 0.15) is 17.2 Å². The molecule has 7 nitrogen and oxygen atoms in total. The summed E-state index contributed by atoms with van der Waals surface area (Å²) in [5.41, 5.74) is 0. The number of benzene rings is 2. The number of rotatable bonds is 6. The molecule has 2 amide bonds. The molecule has 1 aliphatic heterocycles. The molecule has 2 aromatic carbocycles. The van der Waals surface area contributed by atoms with E-state index in [1.807, 2.05) is 0 Å². The van der Waals surface area contributed by atoms with Crippen LogP contribution in [-0.4, -0.2) is 65.6 Å². The van der Waals surface area contributed by atoms with Gasteiger partial charge in [0, 0.05) is 31.2 Å². The summed E-state index contributed by atoms with van der Waals surface area (Å²) in [6.45, 7) is 3.40. The Hall–Kier alpha value is -2.93. The number of nitrogens with zero attached hydrogens (tertiary/aromatic N) is 2. The Labute approximate surface area is 174 Å². The smallest absolute Gasteiger partial charge is 0.263 e. The van der Waals surface area contributed by atoms with Crippen LogP contribution in [0.25, 0.3) is 0 Å². The van der Waals surface area contributed by atoms with Gasteiger partial charge >= 0.3 is 0 Å². The highest BCUT2D eigenvalue weighted by molar-refractivity contribution is 6.30. The second kappa shape index (κ2) is 9.52. The Kier molecular flexibility index (Phi) is 6.82. The minimum Gasteiger partial charge on any atom is -0.508 e. The van der Waals surface area contributed by atoms with Gasteiger partial charge in [0.25, 0.3) is 11.8 Å². The van der Waals surface area contributed by atoms with E-state index in [-0.39, 0.29) is 24.2 Å². The molecule has 8 heteroatoms. The maximum absolute atomic E-state index is 12.6. The van der Waals surface area contributed by atoms with Gasteiger partial charge in [0.05, 0.1) is 0 Å². The monoisotopic (exact) mass is 418 g/mol. The normalized spacial score (nSPS) is 15.0. The van der Waals surface area contributed by atoms with Crippen molar-refractivity contribution in [3.05, 3.63) is 53.6 Å². The van der Waals surface area contributed by atoms with Crippen molar-refractivity contribution in [3.63, 3.8) is 0 Å². The van der Waals surface area contributed by atoms with Gasteiger partial charge in [0.2, 0.25) is 0 Å². The number of aromatic hydroxyl groups is 1. The van der Waals surface area contributed by atoms with Gasteiger partial charge in [-0.05, 0) is 55.5 Å². The number of halogens is 1. The summed E-state index contributed by atoms with van der Waals surface area (Å²) in [6.07, 6.45) is -0.657. The lowest BCUT2D eigenvalue weighted by atomic mass is 10.2. The van der Waals surface area contributed by atoms with Crippen LogP contribution in [0.2, 0.25) is 5.02 Å². The minimum absolute atomic E-state index is 0.0596. The first-order valence-electron chi connectivity index (χ1n) is 9.33. The van der Waals surface area contributed by atoms with Crippen LogP contribution in [0.3, 0.4) is 0 Å². The number of phenols is 1. The summed E-state index contributed by atoms with van der Waals surface area (Å²) in [5, 5.41) is 9.91. The zero-order chi connectivity index (χ0) is 20.8. The third-order valence-electron chi connectivity index (χ3n) is 4.62. The van der Waals surface area contributed by atoms with Crippen molar-refractivity contribution in [2.45, 2.75) is 13.0 Å². The molecule has 2 aromatic rings. The molecule has 0 aliphatic carbocycles. The summed E-state index contributed by atoms with van der Waals surface area (Å²) in [7, 11) is 0. The zero-order valence-electron chi connectivity index (χ0n) is 16.1. The summed E-state index contributed by atoms with van der Waals surface area (Å²) >= 11 is 5.83. The fourth-order valence-corrected chi connectivity index (χ4v) is 3.11. The van der Waals surface area contributed by atoms with Gasteiger partial charge in [-0.2, -0.15) is 0 Å². The molecule has 1 aliphatic rings. The maximum Gasteiger partial charge on any atom is 0.263 e. The molecule has 0 spiro atoms. The number of carbonyl (C=O) groups is 2. The molecule has 154 valence electrons. The van der Waals surface area contributed by atoms with Crippen molar-refractivity contribution in [3.8, 4) is 17.2 Å². The Bertz CT molecular complexity index is 833. The minimum atomic E-state index is -0.657. The lowest BCUT2D eigenvalue weighted by Gasteiger charge is -2.35. The van der Waals surface area contributed by atoms with Gasteiger partial charge in [-0.25, -0.2) is 0 Å². The summed E-state index contributed by atoms with van der Waals surface area (Å²) in [5.74, 6) is 0.966. The van der Waals surface area contributed by atoms with Crippen LogP contribution in [0.15, 0.2) is 48.5 Å². The van der Waals surface area contributed by atoms with Crippen molar-refractivity contribution in [2.75, 3.05) is 32.8 Å². The molecule has 1 saturated heterocycles. The van der Waals surface area contributed by atoms with Crippen molar-refractivity contribution >= 4 is 23.4 Å². The SMILES string of the molecule is CC(Oc1ccc(O)cc1)C(=O)N1CCN(C(=O)COc2ccc(Cl)cc2)CC1. The molecular weight excluding hydrogens is 396 g/mol. The van der Waals surface area contributed by atoms with E-state index in [9.17, 15) is 14.7 Å². The number of phenolic OH excluding ortho intramolecular Hbond substituents is 1. The largest absolute Gasteiger partial charge is 0.508 e. The standard InChI is InChI=1S/C21H23ClN2O5/c1-15(29-19-8-4-17(25)5-9-19)21(27)24-12-10-23(11-13-24)20(26)14-28-18-6-2-16(22)3-7-18/h2-9,15,25H,10-14H2,1H3. The highest BCUT2D eigenvalue weighted by Crippen LogP contribution is 2.18. The number of carbonyl (C=O) groups excluding carboxylic acids is 2. The topological polar surface area (TPSA) is 79.3 Å². The summed E-state index contributed by atoms with van der Waals surface area (Å²) in [6, 6.07) is 13.0. The van der Waals surface area contributed by atoms with Crippen LogP contribution in [0.5, 0.6) is 17.2 Å². The van der Waals surface area contributed by atoms with E-state index in [0.717, 1.165) is 0 Å². The van der Waals surface area contributed by atoms with E-state index in [4.69, 9.17) is 21.1 Å². The fraction of sp³-hybridized carbons (Fsp3) is 0.333. The second-order valence-electron chi connectivity index (χ2n) is 6.70. The number of hydrogen-bond donors (Lipinski definition) is 1. The second-order valence-corrected chi connectivity index (χ2v) is 7.14. The van der Waals surface area contributed by atoms with E-state index < -0.39 is 6.10 Å². The molecular formula is C21H23ClN2O5. The van der Waals surface area contributed by atoms with Gasteiger partial charge in [-0.15, -0.1) is 0 Å². The number of ether oxygens (including phenoxy) is 2. The summed E-state index contributed by atoms with van der Waals surface area (Å²) < 4.78 is 11.1. The fourth-order valence-electron chi connectivity index (χ4n) is 2.98. The van der Waals surface area contributed by atoms with Gasteiger partial charge in [0.15, 0.2) is 12.7 Å². The van der Waals surface area contributed by atoms with Crippen LogP contribution in [-0.2, 0) is 9.59 Å². The van der Waals surface area contributed by atoms with Crippen molar-refractivity contribution < 1.29 is 24.2 Å². The summed E-state index contributed by atoms with van der Waals surface area (Å²) in [4.78, 5) is 28.3. The van der Waals surface area contributed by atoms with Crippen LogP contribution in [0, 0.1) is 0 Å². The molecule has 0 bridgehead atoms. The molecule has 0 aromatic heterocycles. The van der Waals surface area contributed by atoms with Crippen LogP contribution in [0.1, 0.15) is 6.92 Å². The molecule has 1 heterocycles. The van der Waals surface area contributed by atoms with Crippen molar-refractivity contribution in [1.82, 2.24) is 9.80 Å². The molecule has 1 fully saturated rings. The molecule has 0 radical (unpaired) electrons. The number of hydrogen-bond acceptors (Lipinski definition) is 5. The first-order valence-corrected chi connectivity index (χ1v) is 9.71.